The van der Waals surface area contributed by atoms with E-state index in [0.29, 0.717) is 28.9 Å². The van der Waals surface area contributed by atoms with Crippen LogP contribution in [0.5, 0.6) is 0 Å². The topological polar surface area (TPSA) is 58.4 Å². The second-order valence-corrected chi connectivity index (χ2v) is 9.63. The van der Waals surface area contributed by atoms with E-state index in [0.717, 1.165) is 37.6 Å². The van der Waals surface area contributed by atoms with Gasteiger partial charge in [0.15, 0.2) is 0 Å². The van der Waals surface area contributed by atoms with Crippen molar-refractivity contribution in [1.82, 2.24) is 18.8 Å². The minimum Gasteiger partial charge on any atom is -0.333 e. The molecule has 1 aliphatic heterocycles. The van der Waals surface area contributed by atoms with E-state index in [2.05, 4.69) is 28.3 Å². The van der Waals surface area contributed by atoms with E-state index >= 15 is 0 Å². The molecule has 27 heavy (non-hydrogen) atoms. The first-order chi connectivity index (χ1) is 12.8. The summed E-state index contributed by atoms with van der Waals surface area (Å²) < 4.78 is 29.7. The molecule has 0 amide bonds. The van der Waals surface area contributed by atoms with Gasteiger partial charge in [-0.2, -0.15) is 4.31 Å². The lowest BCUT2D eigenvalue weighted by atomic mass is 10.2. The van der Waals surface area contributed by atoms with Gasteiger partial charge in [-0.1, -0.05) is 31.5 Å². The Kier molecular flexibility index (Phi) is 6.25. The number of hydrogen-bond acceptors (Lipinski definition) is 4. The van der Waals surface area contributed by atoms with Gasteiger partial charge in [0.1, 0.15) is 5.82 Å². The molecule has 0 aliphatic carbocycles. The predicted molar refractivity (Wildman–Crippen MR) is 108 cm³/mol. The van der Waals surface area contributed by atoms with Gasteiger partial charge in [-0.3, -0.25) is 4.90 Å². The van der Waals surface area contributed by atoms with Crippen LogP contribution in [0.2, 0.25) is 5.02 Å². The van der Waals surface area contributed by atoms with Crippen LogP contribution < -0.4 is 0 Å². The van der Waals surface area contributed by atoms with E-state index in [4.69, 9.17) is 11.6 Å². The third kappa shape index (κ3) is 4.54. The number of aromatic nitrogens is 2. The van der Waals surface area contributed by atoms with Crippen molar-refractivity contribution >= 4 is 21.6 Å². The highest BCUT2D eigenvalue weighted by molar-refractivity contribution is 7.89. The summed E-state index contributed by atoms with van der Waals surface area (Å²) in [5, 5.41) is 0.444. The molecule has 0 unspecified atom stereocenters. The van der Waals surface area contributed by atoms with E-state index in [1.165, 1.54) is 0 Å². The lowest BCUT2D eigenvalue weighted by molar-refractivity contribution is 0.182. The van der Waals surface area contributed by atoms with Crippen LogP contribution in [-0.4, -0.2) is 59.9 Å². The zero-order chi connectivity index (χ0) is 19.6. The van der Waals surface area contributed by atoms with Crippen LogP contribution in [-0.2, 0) is 16.6 Å². The molecule has 1 fully saturated rings. The molecule has 1 aliphatic rings. The highest BCUT2D eigenvalue weighted by Crippen LogP contribution is 2.24. The summed E-state index contributed by atoms with van der Waals surface area (Å²) in [7, 11) is -3.51. The Hall–Kier alpha value is -1.41. The first-order valence-corrected chi connectivity index (χ1v) is 11.1. The Morgan fingerprint density at radius 2 is 1.85 bits per heavy atom. The second kappa shape index (κ2) is 8.31. The Morgan fingerprint density at radius 1 is 1.15 bits per heavy atom. The summed E-state index contributed by atoms with van der Waals surface area (Å²) in [6, 6.07) is 5.02. The van der Waals surface area contributed by atoms with Gasteiger partial charge in [0, 0.05) is 62.6 Å². The van der Waals surface area contributed by atoms with Crippen molar-refractivity contribution in [1.29, 1.82) is 0 Å². The molecule has 2 aromatic rings. The summed E-state index contributed by atoms with van der Waals surface area (Å²) in [6.45, 7) is 10.3. The molecular formula is C19H27ClN4O2S. The summed E-state index contributed by atoms with van der Waals surface area (Å²) >= 11 is 6.01. The molecule has 0 bridgehead atoms. The molecule has 8 heteroatoms. The molecule has 1 aromatic carbocycles. The number of hydrogen-bond donors (Lipinski definition) is 0. The molecular weight excluding hydrogens is 384 g/mol. The quantitative estimate of drug-likeness (QED) is 0.734. The normalized spacial score (nSPS) is 16.9. The summed E-state index contributed by atoms with van der Waals surface area (Å²) in [6.07, 6.45) is 3.85. The van der Waals surface area contributed by atoms with E-state index in [1.54, 1.807) is 29.4 Å². The van der Waals surface area contributed by atoms with Crippen molar-refractivity contribution in [2.45, 2.75) is 38.1 Å². The monoisotopic (exact) mass is 410 g/mol. The van der Waals surface area contributed by atoms with Crippen LogP contribution in [0, 0.1) is 6.92 Å². The Morgan fingerprint density at radius 3 is 2.52 bits per heavy atom. The molecule has 6 nitrogen and oxygen atoms in total. The molecule has 3 rings (SSSR count). The van der Waals surface area contributed by atoms with Crippen LogP contribution in [0.15, 0.2) is 35.5 Å². The Labute approximate surface area is 166 Å². The van der Waals surface area contributed by atoms with Gasteiger partial charge in [-0.15, -0.1) is 0 Å². The average molecular weight is 411 g/mol. The highest BCUT2D eigenvalue weighted by Gasteiger charge is 2.29. The lowest BCUT2D eigenvalue weighted by Gasteiger charge is -2.34. The van der Waals surface area contributed by atoms with Gasteiger partial charge in [0.2, 0.25) is 10.0 Å². The molecule has 0 atom stereocenters. The van der Waals surface area contributed by atoms with Crippen molar-refractivity contribution in [3.8, 4) is 0 Å². The number of rotatable bonds is 6. The third-order valence-corrected chi connectivity index (χ3v) is 7.30. The van der Waals surface area contributed by atoms with Crippen LogP contribution in [0.1, 0.15) is 31.2 Å². The van der Waals surface area contributed by atoms with Crippen molar-refractivity contribution in [2.75, 3.05) is 32.7 Å². The van der Waals surface area contributed by atoms with Crippen molar-refractivity contribution in [3.05, 3.63) is 47.0 Å². The molecule has 148 valence electrons. The fraction of sp³-hybridized carbons (Fsp3) is 0.526. The van der Waals surface area contributed by atoms with Gasteiger partial charge in [-0.05, 0) is 24.6 Å². The molecule has 0 spiro atoms. The van der Waals surface area contributed by atoms with Crippen LogP contribution >= 0.6 is 11.6 Å². The van der Waals surface area contributed by atoms with Gasteiger partial charge in [-0.25, -0.2) is 13.4 Å². The van der Waals surface area contributed by atoms with Gasteiger partial charge < -0.3 is 4.57 Å². The molecule has 0 radical (unpaired) electrons. The SMILES string of the molecule is Cc1ccc(Cl)cc1S(=O)(=O)N1CCN(CCn2ccnc2C(C)C)CC1. The molecule has 1 aromatic heterocycles. The minimum absolute atomic E-state index is 0.309. The number of benzene rings is 1. The van der Waals surface area contributed by atoms with Gasteiger partial charge in [0.05, 0.1) is 4.90 Å². The van der Waals surface area contributed by atoms with Gasteiger partial charge >= 0.3 is 0 Å². The van der Waals surface area contributed by atoms with Crippen molar-refractivity contribution in [3.63, 3.8) is 0 Å². The predicted octanol–water partition coefficient (Wildman–Crippen LogP) is 2.97. The average Bonchev–Trinajstić information content (AvgIpc) is 3.11. The first-order valence-electron chi connectivity index (χ1n) is 9.28. The summed E-state index contributed by atoms with van der Waals surface area (Å²) in [5.41, 5.74) is 0.725. The zero-order valence-corrected chi connectivity index (χ0v) is 17.7. The van der Waals surface area contributed by atoms with Crippen molar-refractivity contribution < 1.29 is 8.42 Å². The zero-order valence-electron chi connectivity index (χ0n) is 16.1. The third-order valence-electron chi connectivity index (χ3n) is 5.02. The molecule has 0 N–H and O–H groups in total. The highest BCUT2D eigenvalue weighted by atomic mass is 35.5. The van der Waals surface area contributed by atoms with Crippen molar-refractivity contribution in [2.24, 2.45) is 0 Å². The number of sulfonamides is 1. The van der Waals surface area contributed by atoms with E-state index in [1.807, 2.05) is 12.4 Å². The maximum absolute atomic E-state index is 13.0. The maximum Gasteiger partial charge on any atom is 0.243 e. The number of halogens is 1. The largest absolute Gasteiger partial charge is 0.333 e. The summed E-state index contributed by atoms with van der Waals surface area (Å²) in [4.78, 5) is 7.03. The van der Waals surface area contributed by atoms with E-state index < -0.39 is 10.0 Å². The number of nitrogens with zero attached hydrogens (tertiary/aromatic N) is 4. The van der Waals surface area contributed by atoms with Crippen LogP contribution in [0.25, 0.3) is 0 Å². The summed E-state index contributed by atoms with van der Waals surface area (Å²) in [5.74, 6) is 1.48. The smallest absolute Gasteiger partial charge is 0.243 e. The number of piperazine rings is 1. The Bertz CT molecular complexity index is 887. The standard InChI is InChI=1S/C19H27ClN4O2S/c1-15(2)19-21-6-7-23(19)11-8-22-9-12-24(13-10-22)27(25,26)18-14-17(20)5-4-16(18)3/h4-7,14-15H,8-13H2,1-3H3. The Balaban J connectivity index is 1.60. The number of imidazole rings is 1. The second-order valence-electron chi connectivity index (χ2n) is 7.29. The fourth-order valence-corrected chi connectivity index (χ4v) is 5.35. The van der Waals surface area contributed by atoms with Gasteiger partial charge in [0.25, 0.3) is 0 Å². The minimum atomic E-state index is -3.51. The molecule has 1 saturated heterocycles. The van der Waals surface area contributed by atoms with Crippen LogP contribution in [0.3, 0.4) is 0 Å². The van der Waals surface area contributed by atoms with Crippen LogP contribution in [0.4, 0.5) is 0 Å². The maximum atomic E-state index is 13.0. The van der Waals surface area contributed by atoms with E-state index in [-0.39, 0.29) is 0 Å². The number of aryl methyl sites for hydroxylation is 1. The van der Waals surface area contributed by atoms with E-state index in [9.17, 15) is 8.42 Å². The first kappa shape index (κ1) is 20.3. The molecule has 0 saturated carbocycles. The lowest BCUT2D eigenvalue weighted by Crippen LogP contribution is -2.49. The molecule has 2 heterocycles. The fourth-order valence-electron chi connectivity index (χ4n) is 3.44.